The van der Waals surface area contributed by atoms with Crippen molar-refractivity contribution in [1.82, 2.24) is 10.6 Å². The molecule has 1 fully saturated rings. The largest absolute Gasteiger partial charge is 0.396 e. The number of aliphatic hydroxyl groups excluding tert-OH is 2. The number of carbonyl (C=O) groups excluding carboxylic acids is 2. The lowest BCUT2D eigenvalue weighted by molar-refractivity contribution is -0.118. The van der Waals surface area contributed by atoms with Crippen molar-refractivity contribution in [3.05, 3.63) is 24.3 Å². The minimum absolute atomic E-state index is 0.00921. The lowest BCUT2D eigenvalue weighted by Crippen LogP contribution is -2.33. The number of rotatable bonds is 20. The first-order valence-corrected chi connectivity index (χ1v) is 12.8. The predicted octanol–water partition coefficient (Wildman–Crippen LogP) is 4.16. The Kier molecular flexibility index (Phi) is 16.7. The number of hydrogen-bond acceptors (Lipinski definition) is 4. The maximum absolute atomic E-state index is 12.1. The van der Waals surface area contributed by atoms with E-state index in [0.717, 1.165) is 64.2 Å². The third-order valence-corrected chi connectivity index (χ3v) is 6.09. The molecule has 0 aromatic carbocycles. The van der Waals surface area contributed by atoms with Crippen molar-refractivity contribution in [2.24, 2.45) is 5.92 Å². The second kappa shape index (κ2) is 18.9. The Morgan fingerprint density at radius 3 is 1.34 bits per heavy atom. The van der Waals surface area contributed by atoms with E-state index in [1.165, 1.54) is 25.7 Å². The van der Waals surface area contributed by atoms with Gasteiger partial charge in [0.2, 0.25) is 11.8 Å². The molecule has 2 unspecified atom stereocenters. The molecule has 2 atom stereocenters. The van der Waals surface area contributed by atoms with Gasteiger partial charge >= 0.3 is 0 Å². The quantitative estimate of drug-likeness (QED) is 0.165. The first-order valence-electron chi connectivity index (χ1n) is 12.8. The van der Waals surface area contributed by atoms with Crippen LogP contribution >= 0.6 is 0 Å². The molecule has 184 valence electrons. The summed E-state index contributed by atoms with van der Waals surface area (Å²) in [6, 6.07) is 0.0184. The third-order valence-electron chi connectivity index (χ3n) is 6.09. The highest BCUT2D eigenvalue weighted by molar-refractivity contribution is 5.89. The predicted molar refractivity (Wildman–Crippen MR) is 130 cm³/mol. The molecule has 32 heavy (non-hydrogen) atoms. The van der Waals surface area contributed by atoms with E-state index in [0.29, 0.717) is 0 Å². The molecule has 0 saturated heterocycles. The molecule has 1 rings (SSSR count). The number of allylic oxidation sites excluding steroid dienone is 2. The smallest absolute Gasteiger partial charge is 0.243 e. The summed E-state index contributed by atoms with van der Waals surface area (Å²) < 4.78 is 0. The standard InChI is InChI=1S/C26H46N2O4/c1-22-25(27-23(31)18-14-10-6-2-4-8-12-16-20-29)26(22)28-24(32)19-15-11-7-3-5-9-13-17-21-30/h14-15,18-19,22,25-26,29-30H,2-13,16-17,20-21H2,1H3,(H,27,31)(H,28,32). The maximum atomic E-state index is 12.1. The van der Waals surface area contributed by atoms with Gasteiger partial charge in [-0.05, 0) is 50.7 Å². The van der Waals surface area contributed by atoms with Crippen LogP contribution in [0, 0.1) is 5.92 Å². The van der Waals surface area contributed by atoms with Crippen LogP contribution in [0.15, 0.2) is 24.3 Å². The fraction of sp³-hybridized carbons (Fsp3) is 0.769. The molecule has 0 bridgehead atoms. The van der Waals surface area contributed by atoms with Crippen LogP contribution in [0.4, 0.5) is 0 Å². The molecule has 6 heteroatoms. The van der Waals surface area contributed by atoms with Crippen molar-refractivity contribution in [2.45, 2.75) is 109 Å². The number of unbranched alkanes of at least 4 members (excludes halogenated alkanes) is 12. The molecule has 0 radical (unpaired) electrons. The van der Waals surface area contributed by atoms with E-state index in [-0.39, 0.29) is 43.0 Å². The molecule has 1 saturated carbocycles. The Morgan fingerprint density at radius 1 is 0.625 bits per heavy atom. The van der Waals surface area contributed by atoms with Crippen LogP contribution in [0.1, 0.15) is 96.8 Å². The summed E-state index contributed by atoms with van der Waals surface area (Å²) in [6.45, 7) is 2.61. The molecule has 4 N–H and O–H groups in total. The van der Waals surface area contributed by atoms with Crippen LogP contribution in [-0.4, -0.2) is 47.3 Å². The average molecular weight is 451 g/mol. The molecule has 2 amide bonds. The van der Waals surface area contributed by atoms with E-state index in [1.54, 1.807) is 12.2 Å². The van der Waals surface area contributed by atoms with Crippen molar-refractivity contribution < 1.29 is 19.8 Å². The summed E-state index contributed by atoms with van der Waals surface area (Å²) in [5.74, 6) is 0.0784. The second-order valence-corrected chi connectivity index (χ2v) is 9.00. The zero-order valence-corrected chi connectivity index (χ0v) is 20.1. The van der Waals surface area contributed by atoms with Gasteiger partial charge in [0.05, 0.1) is 12.1 Å². The van der Waals surface area contributed by atoms with Gasteiger partial charge in [-0.3, -0.25) is 9.59 Å². The molecule has 0 aromatic heterocycles. The Labute approximate surface area is 194 Å². The summed E-state index contributed by atoms with van der Waals surface area (Å²) in [5, 5.41) is 23.5. The lowest BCUT2D eigenvalue weighted by Gasteiger charge is -2.03. The summed E-state index contributed by atoms with van der Waals surface area (Å²) in [6.07, 6.45) is 22.0. The van der Waals surface area contributed by atoms with Crippen molar-refractivity contribution in [2.75, 3.05) is 13.2 Å². The molecular formula is C26H46N2O4. The van der Waals surface area contributed by atoms with Gasteiger partial charge in [0, 0.05) is 19.1 Å². The monoisotopic (exact) mass is 450 g/mol. The Bertz CT molecular complexity index is 514. The highest BCUT2D eigenvalue weighted by Crippen LogP contribution is 2.30. The molecule has 0 spiro atoms. The van der Waals surface area contributed by atoms with E-state index >= 15 is 0 Å². The number of carbonyl (C=O) groups is 2. The van der Waals surface area contributed by atoms with Gasteiger partial charge in [-0.15, -0.1) is 0 Å². The van der Waals surface area contributed by atoms with Crippen LogP contribution in [0.5, 0.6) is 0 Å². The fourth-order valence-electron chi connectivity index (χ4n) is 3.87. The first-order chi connectivity index (χ1) is 15.6. The fourth-order valence-corrected chi connectivity index (χ4v) is 3.87. The Balaban J connectivity index is 2.06. The first kappa shape index (κ1) is 28.4. The molecule has 0 aliphatic heterocycles. The number of nitrogens with one attached hydrogen (secondary N) is 2. The van der Waals surface area contributed by atoms with Gasteiger partial charge in [-0.1, -0.05) is 70.4 Å². The molecule has 1 aliphatic rings. The van der Waals surface area contributed by atoms with Gasteiger partial charge in [0.25, 0.3) is 0 Å². The van der Waals surface area contributed by atoms with Crippen LogP contribution in [0.2, 0.25) is 0 Å². The number of amides is 2. The van der Waals surface area contributed by atoms with Gasteiger partial charge < -0.3 is 20.8 Å². The van der Waals surface area contributed by atoms with E-state index in [9.17, 15) is 9.59 Å². The summed E-state index contributed by atoms with van der Waals surface area (Å²) in [4.78, 5) is 24.1. The van der Waals surface area contributed by atoms with E-state index in [2.05, 4.69) is 10.6 Å². The maximum Gasteiger partial charge on any atom is 0.243 e. The highest BCUT2D eigenvalue weighted by atomic mass is 16.3. The third kappa shape index (κ3) is 14.4. The molecule has 0 aromatic rings. The number of aliphatic hydroxyl groups is 2. The van der Waals surface area contributed by atoms with E-state index in [4.69, 9.17) is 10.2 Å². The van der Waals surface area contributed by atoms with Crippen molar-refractivity contribution in [3.8, 4) is 0 Å². The van der Waals surface area contributed by atoms with Gasteiger partial charge in [-0.25, -0.2) is 0 Å². The minimum Gasteiger partial charge on any atom is -0.396 e. The molecule has 1 aliphatic carbocycles. The SMILES string of the molecule is CC1C(NC(=O)C=CCCCCCCCCO)C1NC(=O)C=CCCCCCCCCO. The van der Waals surface area contributed by atoms with Crippen molar-refractivity contribution >= 4 is 11.8 Å². The summed E-state index contributed by atoms with van der Waals surface area (Å²) >= 11 is 0. The second-order valence-electron chi connectivity index (χ2n) is 9.00. The van der Waals surface area contributed by atoms with Gasteiger partial charge in [0.1, 0.15) is 0 Å². The minimum atomic E-state index is -0.0870. The highest BCUT2D eigenvalue weighted by Gasteiger charge is 2.48. The van der Waals surface area contributed by atoms with Crippen LogP contribution in [0.25, 0.3) is 0 Å². The summed E-state index contributed by atoms with van der Waals surface area (Å²) in [5.41, 5.74) is 0. The molecule has 0 heterocycles. The summed E-state index contributed by atoms with van der Waals surface area (Å²) in [7, 11) is 0. The van der Waals surface area contributed by atoms with E-state index in [1.807, 2.05) is 19.1 Å². The Morgan fingerprint density at radius 2 is 0.969 bits per heavy atom. The normalized spacial score (nSPS) is 20.2. The average Bonchev–Trinajstić information content (AvgIpc) is 3.37. The van der Waals surface area contributed by atoms with Crippen LogP contribution in [-0.2, 0) is 9.59 Å². The topological polar surface area (TPSA) is 98.7 Å². The van der Waals surface area contributed by atoms with Crippen LogP contribution < -0.4 is 10.6 Å². The van der Waals surface area contributed by atoms with Crippen molar-refractivity contribution in [1.29, 1.82) is 0 Å². The van der Waals surface area contributed by atoms with E-state index < -0.39 is 0 Å². The molecular weight excluding hydrogens is 404 g/mol. The van der Waals surface area contributed by atoms with Crippen molar-refractivity contribution in [3.63, 3.8) is 0 Å². The zero-order valence-electron chi connectivity index (χ0n) is 20.1. The lowest BCUT2D eigenvalue weighted by atomic mass is 10.1. The zero-order chi connectivity index (χ0) is 23.4. The van der Waals surface area contributed by atoms with Gasteiger partial charge in [0.15, 0.2) is 0 Å². The van der Waals surface area contributed by atoms with Gasteiger partial charge in [-0.2, -0.15) is 0 Å². The molecule has 6 nitrogen and oxygen atoms in total. The Hall–Kier alpha value is -1.66. The van der Waals surface area contributed by atoms with Crippen LogP contribution in [0.3, 0.4) is 0 Å². The number of hydrogen-bond donors (Lipinski definition) is 4.